The number of aldehydes is 1. The lowest BCUT2D eigenvalue weighted by Gasteiger charge is -1.76. The van der Waals surface area contributed by atoms with E-state index in [0.717, 1.165) is 11.1 Å². The Labute approximate surface area is 60.9 Å². The molecule has 2 aromatic heterocycles. The maximum atomic E-state index is 10.3. The van der Waals surface area contributed by atoms with Crippen molar-refractivity contribution in [3.05, 3.63) is 23.6 Å². The highest BCUT2D eigenvalue weighted by Crippen LogP contribution is 2.13. The Hall–Kier alpha value is -1.16. The van der Waals surface area contributed by atoms with E-state index in [9.17, 15) is 4.79 Å². The zero-order chi connectivity index (χ0) is 6.97. The number of carbonyl (C=O) groups is 1. The molecule has 0 atom stereocenters. The number of aromatic nitrogens is 2. The van der Waals surface area contributed by atoms with Crippen LogP contribution in [0.1, 0.15) is 10.5 Å². The highest BCUT2D eigenvalue weighted by molar-refractivity contribution is 7.15. The molecule has 0 aliphatic heterocycles. The highest BCUT2D eigenvalue weighted by atomic mass is 32.1. The van der Waals surface area contributed by atoms with E-state index in [1.165, 1.54) is 11.3 Å². The van der Waals surface area contributed by atoms with Gasteiger partial charge in [0.2, 0.25) is 0 Å². The molecule has 2 aromatic rings. The fraction of sp³-hybridized carbons (Fsp3) is 0. The summed E-state index contributed by atoms with van der Waals surface area (Å²) in [5.41, 5.74) is 0.523. The van der Waals surface area contributed by atoms with Crippen molar-refractivity contribution in [1.82, 2.24) is 9.38 Å². The Balaban J connectivity index is 2.88. The van der Waals surface area contributed by atoms with Crippen LogP contribution in [0.15, 0.2) is 17.9 Å². The van der Waals surface area contributed by atoms with E-state index >= 15 is 0 Å². The van der Waals surface area contributed by atoms with Crippen molar-refractivity contribution in [2.45, 2.75) is 0 Å². The standard InChI is InChI=1S/C6H4N2OS/c9-3-5-6-8(4-7-5)1-2-10-6/h1-4H. The lowest BCUT2D eigenvalue weighted by molar-refractivity contribution is 0.112. The van der Waals surface area contributed by atoms with E-state index in [1.54, 1.807) is 6.33 Å². The van der Waals surface area contributed by atoms with E-state index in [2.05, 4.69) is 4.98 Å². The number of fused-ring (bicyclic) bond motifs is 1. The van der Waals surface area contributed by atoms with Gasteiger partial charge in [0.1, 0.15) is 16.9 Å². The predicted octanol–water partition coefficient (Wildman–Crippen LogP) is 1.21. The van der Waals surface area contributed by atoms with Crippen LogP contribution in [0.2, 0.25) is 0 Å². The Morgan fingerprint density at radius 1 is 1.70 bits per heavy atom. The number of carbonyl (C=O) groups excluding carboxylic acids is 1. The van der Waals surface area contributed by atoms with Crippen LogP contribution in [0, 0.1) is 0 Å². The van der Waals surface area contributed by atoms with Gasteiger partial charge in [0, 0.05) is 11.6 Å². The minimum Gasteiger partial charge on any atom is -0.296 e. The average molecular weight is 152 g/mol. The molecule has 2 heterocycles. The van der Waals surface area contributed by atoms with Gasteiger partial charge in [0.05, 0.1) is 0 Å². The Morgan fingerprint density at radius 3 is 3.40 bits per heavy atom. The summed E-state index contributed by atoms with van der Waals surface area (Å²) in [4.78, 5) is 15.1. The monoisotopic (exact) mass is 152 g/mol. The molecule has 10 heavy (non-hydrogen) atoms. The molecule has 0 unspecified atom stereocenters. The third-order valence-corrected chi connectivity index (χ3v) is 2.19. The second-order valence-corrected chi connectivity index (χ2v) is 2.76. The van der Waals surface area contributed by atoms with Crippen molar-refractivity contribution >= 4 is 22.5 Å². The van der Waals surface area contributed by atoms with Crippen LogP contribution in [0.3, 0.4) is 0 Å². The smallest absolute Gasteiger partial charge is 0.171 e. The summed E-state index contributed by atoms with van der Waals surface area (Å²) in [7, 11) is 0. The third kappa shape index (κ3) is 0.593. The largest absolute Gasteiger partial charge is 0.296 e. The molecule has 0 radical (unpaired) electrons. The normalized spacial score (nSPS) is 10.4. The SMILES string of the molecule is O=Cc1ncn2ccsc12. The van der Waals surface area contributed by atoms with Crippen LogP contribution in [-0.4, -0.2) is 15.7 Å². The Kier molecular flexibility index (Phi) is 1.07. The molecule has 0 N–H and O–H groups in total. The first-order chi connectivity index (χ1) is 4.92. The van der Waals surface area contributed by atoms with Gasteiger partial charge in [-0.15, -0.1) is 11.3 Å². The van der Waals surface area contributed by atoms with Crippen molar-refractivity contribution in [3.63, 3.8) is 0 Å². The lowest BCUT2D eigenvalue weighted by atomic mass is 10.5. The lowest BCUT2D eigenvalue weighted by Crippen LogP contribution is -1.75. The van der Waals surface area contributed by atoms with Crippen molar-refractivity contribution < 1.29 is 4.79 Å². The molecular formula is C6H4N2OS. The summed E-state index contributed by atoms with van der Waals surface area (Å²) in [6.07, 6.45) is 4.28. The van der Waals surface area contributed by atoms with Gasteiger partial charge in [-0.3, -0.25) is 9.20 Å². The summed E-state index contributed by atoms with van der Waals surface area (Å²) in [6.45, 7) is 0. The molecule has 0 aliphatic rings. The van der Waals surface area contributed by atoms with E-state index in [0.29, 0.717) is 5.69 Å². The van der Waals surface area contributed by atoms with Crippen LogP contribution in [0.25, 0.3) is 4.83 Å². The molecule has 0 bridgehead atoms. The topological polar surface area (TPSA) is 34.4 Å². The molecular weight excluding hydrogens is 148 g/mol. The number of hydrogen-bond acceptors (Lipinski definition) is 3. The van der Waals surface area contributed by atoms with Crippen LogP contribution >= 0.6 is 11.3 Å². The van der Waals surface area contributed by atoms with Crippen molar-refractivity contribution in [2.24, 2.45) is 0 Å². The molecule has 0 aliphatic carbocycles. The van der Waals surface area contributed by atoms with Crippen LogP contribution in [0.5, 0.6) is 0 Å². The fourth-order valence-corrected chi connectivity index (χ4v) is 1.61. The molecule has 0 spiro atoms. The zero-order valence-electron chi connectivity index (χ0n) is 5.02. The van der Waals surface area contributed by atoms with E-state index < -0.39 is 0 Å². The van der Waals surface area contributed by atoms with Gasteiger partial charge in [-0.25, -0.2) is 4.98 Å². The first-order valence-electron chi connectivity index (χ1n) is 2.77. The summed E-state index contributed by atoms with van der Waals surface area (Å²) in [5.74, 6) is 0. The zero-order valence-corrected chi connectivity index (χ0v) is 5.84. The van der Waals surface area contributed by atoms with Crippen molar-refractivity contribution in [3.8, 4) is 0 Å². The van der Waals surface area contributed by atoms with E-state index in [1.807, 2.05) is 16.0 Å². The Morgan fingerprint density at radius 2 is 2.60 bits per heavy atom. The van der Waals surface area contributed by atoms with Crippen molar-refractivity contribution in [1.29, 1.82) is 0 Å². The first kappa shape index (κ1) is 5.61. The minimum absolute atomic E-state index is 0.523. The minimum atomic E-state index is 0.523. The van der Waals surface area contributed by atoms with Gasteiger partial charge in [0.15, 0.2) is 6.29 Å². The third-order valence-electron chi connectivity index (χ3n) is 1.29. The van der Waals surface area contributed by atoms with Gasteiger partial charge in [0.25, 0.3) is 0 Å². The van der Waals surface area contributed by atoms with Crippen LogP contribution < -0.4 is 0 Å². The van der Waals surface area contributed by atoms with Gasteiger partial charge < -0.3 is 0 Å². The molecule has 4 heteroatoms. The van der Waals surface area contributed by atoms with E-state index in [4.69, 9.17) is 0 Å². The molecule has 0 fully saturated rings. The Bertz CT molecular complexity index is 362. The maximum absolute atomic E-state index is 10.3. The quantitative estimate of drug-likeness (QED) is 0.575. The summed E-state index contributed by atoms with van der Waals surface area (Å²) in [5, 5.41) is 1.92. The summed E-state index contributed by atoms with van der Waals surface area (Å²) < 4.78 is 1.83. The second kappa shape index (κ2) is 1.91. The first-order valence-corrected chi connectivity index (χ1v) is 3.65. The molecule has 0 amide bonds. The number of nitrogens with zero attached hydrogens (tertiary/aromatic N) is 2. The summed E-state index contributed by atoms with van der Waals surface area (Å²) in [6, 6.07) is 0. The average Bonchev–Trinajstić information content (AvgIpc) is 2.44. The van der Waals surface area contributed by atoms with Gasteiger partial charge in [-0.1, -0.05) is 0 Å². The second-order valence-electron chi connectivity index (χ2n) is 1.86. The molecule has 3 nitrogen and oxygen atoms in total. The predicted molar refractivity (Wildman–Crippen MR) is 38.5 cm³/mol. The van der Waals surface area contributed by atoms with Crippen LogP contribution in [-0.2, 0) is 0 Å². The van der Waals surface area contributed by atoms with Gasteiger partial charge in [-0.05, 0) is 0 Å². The van der Waals surface area contributed by atoms with Crippen molar-refractivity contribution in [2.75, 3.05) is 0 Å². The maximum Gasteiger partial charge on any atom is 0.171 e. The number of hydrogen-bond donors (Lipinski definition) is 0. The number of thiazole rings is 1. The fourth-order valence-electron chi connectivity index (χ4n) is 0.833. The van der Waals surface area contributed by atoms with Crippen LogP contribution in [0.4, 0.5) is 0 Å². The molecule has 0 saturated heterocycles. The molecule has 0 aromatic carbocycles. The summed E-state index contributed by atoms with van der Waals surface area (Å²) >= 11 is 1.51. The number of imidazole rings is 1. The van der Waals surface area contributed by atoms with Gasteiger partial charge >= 0.3 is 0 Å². The molecule has 2 rings (SSSR count). The van der Waals surface area contributed by atoms with Gasteiger partial charge in [-0.2, -0.15) is 0 Å². The molecule has 50 valence electrons. The highest BCUT2D eigenvalue weighted by Gasteiger charge is 2.01. The number of rotatable bonds is 1. The molecule has 0 saturated carbocycles. The van der Waals surface area contributed by atoms with E-state index in [-0.39, 0.29) is 0 Å².